The molecule has 0 spiro atoms. The summed E-state index contributed by atoms with van der Waals surface area (Å²) in [7, 11) is 0. The van der Waals surface area contributed by atoms with Gasteiger partial charge in [-0.05, 0) is 77.4 Å². The smallest absolute Gasteiger partial charge is 0.410 e. The highest BCUT2D eigenvalue weighted by Crippen LogP contribution is 2.27. The molecule has 32 heavy (non-hydrogen) atoms. The van der Waals surface area contributed by atoms with Crippen molar-refractivity contribution in [3.05, 3.63) is 46.0 Å². The molecule has 0 aliphatic rings. The van der Waals surface area contributed by atoms with Gasteiger partial charge < -0.3 is 9.64 Å². The van der Waals surface area contributed by atoms with E-state index in [9.17, 15) is 9.59 Å². The molecule has 0 radical (unpaired) electrons. The number of thioether (sulfide) groups is 1. The quantitative estimate of drug-likeness (QED) is 0.218. The lowest BCUT2D eigenvalue weighted by atomic mass is 10.0. The molecule has 0 aliphatic carbocycles. The number of hydrogen-bond donors (Lipinski definition) is 0. The van der Waals surface area contributed by atoms with E-state index in [1.54, 1.807) is 23.1 Å². The molecule has 0 heterocycles. The van der Waals surface area contributed by atoms with Gasteiger partial charge in [-0.2, -0.15) is 5.26 Å². The van der Waals surface area contributed by atoms with Crippen molar-refractivity contribution in [1.29, 1.82) is 5.26 Å². The van der Waals surface area contributed by atoms with Gasteiger partial charge in [-0.1, -0.05) is 49.2 Å². The van der Waals surface area contributed by atoms with Gasteiger partial charge in [0.25, 0.3) is 0 Å². The Balaban J connectivity index is 0.000000607. The second kappa shape index (κ2) is 13.8. The van der Waals surface area contributed by atoms with E-state index in [4.69, 9.17) is 33.2 Å². The van der Waals surface area contributed by atoms with Crippen molar-refractivity contribution in [3.63, 3.8) is 0 Å². The summed E-state index contributed by atoms with van der Waals surface area (Å²) in [6.45, 7) is 19.6. The molecule has 0 saturated heterocycles. The van der Waals surface area contributed by atoms with Crippen LogP contribution in [0, 0.1) is 16.6 Å². The number of thiocyanates is 1. The van der Waals surface area contributed by atoms with Crippen molar-refractivity contribution in [1.82, 2.24) is 4.90 Å². The number of carbonyl (C=O) groups excluding carboxylic acids is 2. The van der Waals surface area contributed by atoms with Crippen LogP contribution in [0.1, 0.15) is 65.7 Å². The van der Waals surface area contributed by atoms with Crippen LogP contribution in [-0.4, -0.2) is 40.2 Å². The van der Waals surface area contributed by atoms with Crippen LogP contribution in [0.15, 0.2) is 30.4 Å². The maximum Gasteiger partial charge on any atom is 0.410 e. The maximum atomic E-state index is 12.2. The van der Waals surface area contributed by atoms with E-state index in [1.165, 1.54) is 0 Å². The van der Waals surface area contributed by atoms with Gasteiger partial charge in [0.15, 0.2) is 5.78 Å². The average molecular weight is 502 g/mol. The fraction of sp³-hybridized carbons (Fsp3) is 0.542. The summed E-state index contributed by atoms with van der Waals surface area (Å²) in [5, 5.41) is 11.0. The second-order valence-corrected chi connectivity index (χ2v) is 10.8. The maximum absolute atomic E-state index is 12.2. The third-order valence-electron chi connectivity index (χ3n) is 3.94. The minimum Gasteiger partial charge on any atom is -0.444 e. The molecule has 8 heteroatoms. The lowest BCUT2D eigenvalue weighted by Crippen LogP contribution is -2.41. The summed E-state index contributed by atoms with van der Waals surface area (Å²) in [4.78, 5) is 25.6. The summed E-state index contributed by atoms with van der Waals surface area (Å²) >= 11 is 12.6. The largest absolute Gasteiger partial charge is 0.444 e. The van der Waals surface area contributed by atoms with Crippen molar-refractivity contribution in [2.24, 2.45) is 5.92 Å². The Morgan fingerprint density at radius 1 is 1.19 bits per heavy atom. The second-order valence-electron chi connectivity index (χ2n) is 9.03. The third-order valence-corrected chi connectivity index (χ3v) is 5.80. The van der Waals surface area contributed by atoms with Gasteiger partial charge in [-0.25, -0.2) is 4.79 Å². The molecule has 178 valence electrons. The molecule has 1 amide bonds. The summed E-state index contributed by atoms with van der Waals surface area (Å²) in [5.41, 5.74) is 0.995. The number of nitriles is 1. The Morgan fingerprint density at radius 2 is 1.75 bits per heavy atom. The number of Topliss-reactive ketones (excluding diaryl/α,β-unsaturated/α-hetero) is 1. The lowest BCUT2D eigenvalue weighted by molar-refractivity contribution is 0.0211. The van der Waals surface area contributed by atoms with Gasteiger partial charge in [-0.3, -0.25) is 4.79 Å². The van der Waals surface area contributed by atoms with Crippen LogP contribution in [-0.2, 0) is 4.74 Å². The first kappa shape index (κ1) is 30.3. The summed E-state index contributed by atoms with van der Waals surface area (Å²) in [6.07, 6.45) is -0.277. The van der Waals surface area contributed by atoms with Gasteiger partial charge in [0.1, 0.15) is 11.0 Å². The molecule has 1 unspecified atom stereocenters. The van der Waals surface area contributed by atoms with Gasteiger partial charge >= 0.3 is 6.09 Å². The van der Waals surface area contributed by atoms with E-state index >= 15 is 0 Å². The molecule has 1 aromatic rings. The van der Waals surface area contributed by atoms with Crippen molar-refractivity contribution < 1.29 is 14.3 Å². The molecule has 1 aromatic carbocycles. The third kappa shape index (κ3) is 11.3. The first-order valence-corrected chi connectivity index (χ1v) is 11.9. The van der Waals surface area contributed by atoms with Crippen molar-refractivity contribution >= 4 is 46.8 Å². The van der Waals surface area contributed by atoms with Crippen LogP contribution in [0.5, 0.6) is 0 Å². The topological polar surface area (TPSA) is 70.4 Å². The Hall–Kier alpha value is -1.68. The molecule has 5 nitrogen and oxygen atoms in total. The van der Waals surface area contributed by atoms with Crippen LogP contribution in [0.25, 0.3) is 0 Å². The zero-order valence-electron chi connectivity index (χ0n) is 20.2. The fourth-order valence-corrected chi connectivity index (χ4v) is 3.36. The highest BCUT2D eigenvalue weighted by Gasteiger charge is 2.25. The number of halogens is 2. The molecule has 0 saturated carbocycles. The number of ketones is 1. The van der Waals surface area contributed by atoms with E-state index in [0.29, 0.717) is 22.2 Å². The number of nitrogens with zero attached hydrogens (tertiary/aromatic N) is 2. The molecular weight excluding hydrogens is 467 g/mol. The summed E-state index contributed by atoms with van der Waals surface area (Å²) < 4.78 is 5.31. The van der Waals surface area contributed by atoms with E-state index in [2.05, 4.69) is 6.58 Å². The Labute approximate surface area is 207 Å². The predicted molar refractivity (Wildman–Crippen MR) is 136 cm³/mol. The fourth-order valence-electron chi connectivity index (χ4n) is 2.43. The monoisotopic (exact) mass is 500 g/mol. The van der Waals surface area contributed by atoms with Crippen LogP contribution in [0.2, 0.25) is 10.0 Å². The molecule has 1 rings (SSSR count). The highest BCUT2D eigenvalue weighted by molar-refractivity contribution is 8.05. The van der Waals surface area contributed by atoms with E-state index in [0.717, 1.165) is 17.3 Å². The number of ether oxygens (including phenoxy) is 1. The molecule has 0 fully saturated rings. The number of benzene rings is 1. The molecule has 1 atom stereocenters. The standard InChI is InChI=1S/C12H11Cl2NOS.C12H23NO2/c1-7(2)12(17-6-15)11(16)8-3-4-9(13)10(14)5-8;1-9(2)8-13(10(3)4)11(14)15-12(5,6)7/h3-5,7,12H,1-2H3;10H,1,8H2,2-7H3. The number of hydrogen-bond acceptors (Lipinski definition) is 5. The number of rotatable bonds is 7. The van der Waals surface area contributed by atoms with Crippen LogP contribution < -0.4 is 0 Å². The van der Waals surface area contributed by atoms with Crippen molar-refractivity contribution in [3.8, 4) is 5.40 Å². The van der Waals surface area contributed by atoms with Crippen molar-refractivity contribution in [2.45, 2.75) is 72.3 Å². The van der Waals surface area contributed by atoms with Gasteiger partial charge in [0.2, 0.25) is 0 Å². The van der Waals surface area contributed by atoms with Gasteiger partial charge in [0.05, 0.1) is 15.3 Å². The van der Waals surface area contributed by atoms with Crippen LogP contribution >= 0.6 is 35.0 Å². The molecule has 0 aromatic heterocycles. The van der Waals surface area contributed by atoms with Gasteiger partial charge in [0, 0.05) is 18.2 Å². The van der Waals surface area contributed by atoms with Crippen LogP contribution in [0.4, 0.5) is 4.79 Å². The first-order chi connectivity index (χ1) is 14.6. The molecular formula is C24H34Cl2N2O3S. The molecule has 0 N–H and O–H groups in total. The van der Waals surface area contributed by atoms with E-state index in [-0.39, 0.29) is 29.1 Å². The summed E-state index contributed by atoms with van der Waals surface area (Å²) in [5.74, 6) is -0.00767. The van der Waals surface area contributed by atoms with E-state index < -0.39 is 5.60 Å². The lowest BCUT2D eigenvalue weighted by Gasteiger charge is -2.30. The number of carbonyl (C=O) groups is 2. The van der Waals surface area contributed by atoms with Gasteiger partial charge in [-0.15, -0.1) is 0 Å². The summed E-state index contributed by atoms with van der Waals surface area (Å²) in [6, 6.07) is 4.88. The minimum atomic E-state index is -0.445. The predicted octanol–water partition coefficient (Wildman–Crippen LogP) is 7.62. The number of amides is 1. The normalized spacial score (nSPS) is 11.8. The molecule has 0 aliphatic heterocycles. The zero-order valence-corrected chi connectivity index (χ0v) is 22.5. The average Bonchev–Trinajstić information content (AvgIpc) is 2.64. The zero-order chi connectivity index (χ0) is 25.2. The Bertz CT molecular complexity index is 843. The highest BCUT2D eigenvalue weighted by atomic mass is 35.5. The first-order valence-electron chi connectivity index (χ1n) is 10.3. The van der Waals surface area contributed by atoms with Crippen molar-refractivity contribution in [2.75, 3.05) is 6.54 Å². The van der Waals surface area contributed by atoms with Crippen LogP contribution in [0.3, 0.4) is 0 Å². The molecule has 0 bridgehead atoms. The Morgan fingerprint density at radius 3 is 2.12 bits per heavy atom. The minimum absolute atomic E-state index is 0.0848. The van der Waals surface area contributed by atoms with E-state index in [1.807, 2.05) is 60.8 Å². The Kier molecular flexibility index (Phi) is 13.0. The SMILES string of the molecule is C=C(C)CN(C(=O)OC(C)(C)C)C(C)C.CC(C)C(SC#N)C(=O)c1ccc(Cl)c(Cl)c1.